The van der Waals surface area contributed by atoms with Crippen LogP contribution in [-0.2, 0) is 0 Å². The van der Waals surface area contributed by atoms with E-state index in [4.69, 9.17) is 22.5 Å². The fraction of sp³-hybridized carbons (Fsp3) is 0. The highest BCUT2D eigenvalue weighted by molar-refractivity contribution is 9.10. The Balaban J connectivity index is 2.20. The second-order valence-corrected chi connectivity index (χ2v) is 5.43. The molecule has 0 aromatic heterocycles. The number of amidine groups is 1. The van der Waals surface area contributed by atoms with Crippen molar-refractivity contribution >= 4 is 45.0 Å². The van der Waals surface area contributed by atoms with Crippen LogP contribution in [0.25, 0.3) is 0 Å². The third-order valence-electron chi connectivity index (χ3n) is 2.73. The zero-order valence-electron chi connectivity index (χ0n) is 10.7. The van der Waals surface area contributed by atoms with E-state index < -0.39 is 0 Å². The van der Waals surface area contributed by atoms with Crippen molar-refractivity contribution in [2.75, 3.05) is 5.32 Å². The highest BCUT2D eigenvalue weighted by atomic mass is 79.9. The first-order valence-electron chi connectivity index (χ1n) is 5.85. The Labute approximate surface area is 134 Å². The van der Waals surface area contributed by atoms with E-state index in [1.165, 1.54) is 0 Å². The van der Waals surface area contributed by atoms with Gasteiger partial charge in [0.2, 0.25) is 0 Å². The fourth-order valence-electron chi connectivity index (χ4n) is 1.63. The summed E-state index contributed by atoms with van der Waals surface area (Å²) in [5.74, 6) is -0.268. The smallest absolute Gasteiger partial charge is 0.255 e. The number of carbonyl (C=O) groups is 1. The largest absolute Gasteiger partial charge is 0.409 e. The van der Waals surface area contributed by atoms with Gasteiger partial charge in [-0.1, -0.05) is 16.8 Å². The van der Waals surface area contributed by atoms with Crippen LogP contribution in [0.2, 0.25) is 5.02 Å². The summed E-state index contributed by atoms with van der Waals surface area (Å²) in [4.78, 5) is 12.1. The van der Waals surface area contributed by atoms with Crippen LogP contribution < -0.4 is 11.1 Å². The molecule has 0 radical (unpaired) electrons. The van der Waals surface area contributed by atoms with E-state index in [-0.39, 0.29) is 11.7 Å². The van der Waals surface area contributed by atoms with Crippen molar-refractivity contribution in [3.05, 3.63) is 63.1 Å². The van der Waals surface area contributed by atoms with Gasteiger partial charge in [-0.3, -0.25) is 4.79 Å². The van der Waals surface area contributed by atoms with Gasteiger partial charge in [0.25, 0.3) is 5.91 Å². The van der Waals surface area contributed by atoms with E-state index in [0.717, 1.165) is 0 Å². The molecule has 0 saturated heterocycles. The summed E-state index contributed by atoms with van der Waals surface area (Å²) in [6.07, 6.45) is 0. The van der Waals surface area contributed by atoms with Gasteiger partial charge in [0.05, 0.1) is 5.69 Å². The van der Waals surface area contributed by atoms with Gasteiger partial charge in [-0.05, 0) is 58.4 Å². The number of anilines is 1. The Morgan fingerprint density at radius 1 is 1.19 bits per heavy atom. The first-order chi connectivity index (χ1) is 10.0. The molecule has 0 atom stereocenters. The highest BCUT2D eigenvalue weighted by Crippen LogP contribution is 2.24. The minimum Gasteiger partial charge on any atom is -0.409 e. The molecule has 108 valence electrons. The molecule has 5 nitrogen and oxygen atoms in total. The van der Waals surface area contributed by atoms with Crippen molar-refractivity contribution in [2.45, 2.75) is 0 Å². The number of nitrogens with zero attached hydrogens (tertiary/aromatic N) is 1. The molecular formula is C14H11BrClN3O2. The van der Waals surface area contributed by atoms with Crippen molar-refractivity contribution in [2.24, 2.45) is 10.9 Å². The van der Waals surface area contributed by atoms with E-state index in [9.17, 15) is 4.79 Å². The number of halogens is 2. The summed E-state index contributed by atoms with van der Waals surface area (Å²) < 4.78 is 0.619. The number of hydrogen-bond acceptors (Lipinski definition) is 3. The van der Waals surface area contributed by atoms with Gasteiger partial charge in [0.15, 0.2) is 5.84 Å². The third-order valence-corrected chi connectivity index (χ3v) is 3.64. The van der Waals surface area contributed by atoms with E-state index in [0.29, 0.717) is 26.3 Å². The average Bonchev–Trinajstić information content (AvgIpc) is 2.49. The molecule has 0 spiro atoms. The lowest BCUT2D eigenvalue weighted by Crippen LogP contribution is -2.15. The van der Waals surface area contributed by atoms with Crippen LogP contribution in [0.1, 0.15) is 15.9 Å². The van der Waals surface area contributed by atoms with Gasteiger partial charge in [-0.25, -0.2) is 0 Å². The maximum Gasteiger partial charge on any atom is 0.255 e. The molecule has 0 fully saturated rings. The molecular weight excluding hydrogens is 358 g/mol. The van der Waals surface area contributed by atoms with Gasteiger partial charge in [-0.2, -0.15) is 0 Å². The summed E-state index contributed by atoms with van der Waals surface area (Å²) in [6.45, 7) is 0. The molecule has 2 aromatic carbocycles. The molecule has 0 heterocycles. The second kappa shape index (κ2) is 6.60. The zero-order valence-corrected chi connectivity index (χ0v) is 13.0. The van der Waals surface area contributed by atoms with Crippen molar-refractivity contribution in [3.8, 4) is 0 Å². The molecule has 4 N–H and O–H groups in total. The molecule has 2 aromatic rings. The number of benzene rings is 2. The predicted octanol–water partition coefficient (Wildman–Crippen LogP) is 3.45. The number of oxime groups is 1. The van der Waals surface area contributed by atoms with Crippen molar-refractivity contribution in [1.82, 2.24) is 0 Å². The van der Waals surface area contributed by atoms with Crippen LogP contribution >= 0.6 is 27.5 Å². The van der Waals surface area contributed by atoms with Gasteiger partial charge in [0.1, 0.15) is 0 Å². The van der Waals surface area contributed by atoms with E-state index in [1.54, 1.807) is 42.5 Å². The quantitative estimate of drug-likeness (QED) is 0.335. The molecule has 2 rings (SSSR count). The third kappa shape index (κ3) is 3.74. The van der Waals surface area contributed by atoms with Crippen LogP contribution in [0, 0.1) is 0 Å². The van der Waals surface area contributed by atoms with Gasteiger partial charge in [0, 0.05) is 20.6 Å². The van der Waals surface area contributed by atoms with Gasteiger partial charge in [-0.15, -0.1) is 0 Å². The van der Waals surface area contributed by atoms with Crippen molar-refractivity contribution in [1.29, 1.82) is 0 Å². The van der Waals surface area contributed by atoms with E-state index >= 15 is 0 Å². The van der Waals surface area contributed by atoms with Gasteiger partial charge >= 0.3 is 0 Å². The monoisotopic (exact) mass is 367 g/mol. The first kappa shape index (κ1) is 15.3. The minimum absolute atomic E-state index is 0.00808. The Morgan fingerprint density at radius 3 is 2.38 bits per heavy atom. The SMILES string of the molecule is N/C(=N/O)c1ccc(NC(=O)c2ccc(Cl)cc2)c(Br)c1. The van der Waals surface area contributed by atoms with Crippen LogP contribution in [0.5, 0.6) is 0 Å². The fourth-order valence-corrected chi connectivity index (χ4v) is 2.23. The number of nitrogens with one attached hydrogen (secondary N) is 1. The topological polar surface area (TPSA) is 87.7 Å². The average molecular weight is 369 g/mol. The highest BCUT2D eigenvalue weighted by Gasteiger charge is 2.10. The molecule has 1 amide bonds. The lowest BCUT2D eigenvalue weighted by Gasteiger charge is -2.09. The number of carbonyl (C=O) groups excluding carboxylic acids is 1. The van der Waals surface area contributed by atoms with Gasteiger partial charge < -0.3 is 16.3 Å². The van der Waals surface area contributed by atoms with Crippen molar-refractivity contribution < 1.29 is 10.0 Å². The zero-order chi connectivity index (χ0) is 15.4. The minimum atomic E-state index is -0.260. The normalized spacial score (nSPS) is 11.2. The molecule has 21 heavy (non-hydrogen) atoms. The summed E-state index contributed by atoms with van der Waals surface area (Å²) in [5, 5.41) is 14.9. The molecule has 7 heteroatoms. The summed E-state index contributed by atoms with van der Waals surface area (Å²) in [5.41, 5.74) is 7.10. The first-order valence-corrected chi connectivity index (χ1v) is 7.02. The maximum atomic E-state index is 12.1. The lowest BCUT2D eigenvalue weighted by atomic mass is 10.1. The Bertz CT molecular complexity index is 702. The number of hydrogen-bond donors (Lipinski definition) is 3. The molecule has 0 aliphatic carbocycles. The molecule has 0 bridgehead atoms. The number of rotatable bonds is 3. The Morgan fingerprint density at radius 2 is 1.81 bits per heavy atom. The van der Waals surface area contributed by atoms with Crippen LogP contribution in [-0.4, -0.2) is 17.0 Å². The number of amides is 1. The molecule has 0 aliphatic heterocycles. The van der Waals surface area contributed by atoms with Crippen molar-refractivity contribution in [3.63, 3.8) is 0 Å². The van der Waals surface area contributed by atoms with Crippen LogP contribution in [0.4, 0.5) is 5.69 Å². The predicted molar refractivity (Wildman–Crippen MR) is 86.1 cm³/mol. The summed E-state index contributed by atoms with van der Waals surface area (Å²) in [7, 11) is 0. The van der Waals surface area contributed by atoms with E-state index in [2.05, 4.69) is 26.4 Å². The Kier molecular flexibility index (Phi) is 4.82. The van der Waals surface area contributed by atoms with Crippen LogP contribution in [0.3, 0.4) is 0 Å². The second-order valence-electron chi connectivity index (χ2n) is 4.14. The summed E-state index contributed by atoms with van der Waals surface area (Å²) in [6, 6.07) is 11.5. The van der Waals surface area contributed by atoms with E-state index in [1.807, 2.05) is 0 Å². The van der Waals surface area contributed by atoms with Crippen LogP contribution in [0.15, 0.2) is 52.1 Å². The Hall–Kier alpha value is -2.05. The lowest BCUT2D eigenvalue weighted by molar-refractivity contribution is 0.102. The maximum absolute atomic E-state index is 12.1. The summed E-state index contributed by atoms with van der Waals surface area (Å²) >= 11 is 9.11. The molecule has 0 saturated carbocycles. The molecule has 0 aliphatic rings. The standard InChI is InChI=1S/C14H11BrClN3O2/c15-11-7-9(13(17)19-21)3-6-12(11)18-14(20)8-1-4-10(16)5-2-8/h1-7,21H,(H2,17,19)(H,18,20). The molecule has 0 unspecified atom stereocenters. The number of nitrogens with two attached hydrogens (primary N) is 1.